The van der Waals surface area contributed by atoms with Gasteiger partial charge in [-0.3, -0.25) is 15.1 Å². The van der Waals surface area contributed by atoms with Gasteiger partial charge in [0, 0.05) is 40.1 Å². The predicted molar refractivity (Wildman–Crippen MR) is 123 cm³/mol. The molecule has 0 radical (unpaired) electrons. The number of hydrogen-bond donors (Lipinski definition) is 2. The van der Waals surface area contributed by atoms with E-state index in [-0.39, 0.29) is 5.91 Å². The van der Waals surface area contributed by atoms with Crippen molar-refractivity contribution in [2.24, 2.45) is 0 Å². The van der Waals surface area contributed by atoms with E-state index in [1.165, 1.54) is 11.3 Å². The third kappa shape index (κ3) is 3.69. The molecule has 3 heterocycles. The normalized spacial score (nSPS) is 10.9. The number of fused-ring (bicyclic) bond motifs is 2. The molecule has 9 heteroatoms. The highest BCUT2D eigenvalue weighted by Gasteiger charge is 2.14. The number of thiazole rings is 1. The van der Waals surface area contributed by atoms with Crippen LogP contribution in [-0.4, -0.2) is 35.1 Å². The molecule has 0 saturated heterocycles. The molecule has 0 fully saturated rings. The number of nitrogens with one attached hydrogen (secondary N) is 2. The molecule has 0 unspecified atom stereocenters. The Bertz CT molecular complexity index is 1430. The maximum Gasteiger partial charge on any atom is 0.273 e. The second kappa shape index (κ2) is 8.20. The Morgan fingerprint density at radius 1 is 0.969 bits per heavy atom. The van der Waals surface area contributed by atoms with E-state index in [1.54, 1.807) is 44.1 Å². The van der Waals surface area contributed by atoms with E-state index >= 15 is 0 Å². The number of ether oxygens (including phenoxy) is 3. The molecule has 0 aliphatic rings. The molecule has 0 saturated carbocycles. The van der Waals surface area contributed by atoms with Crippen LogP contribution in [0.15, 0.2) is 60.2 Å². The Morgan fingerprint density at radius 3 is 2.59 bits per heavy atom. The SMILES string of the molecule is COc1cc2nccc(Oc3ccc4[nH]c(C(=O)Nc5nccs5)cc4c3)c2cc1OC. The van der Waals surface area contributed by atoms with Crippen molar-refractivity contribution >= 4 is 44.2 Å². The number of aromatic nitrogens is 3. The maximum atomic E-state index is 12.5. The number of pyridine rings is 1. The second-order valence-electron chi connectivity index (χ2n) is 6.86. The molecule has 0 atom stereocenters. The van der Waals surface area contributed by atoms with Crippen molar-refractivity contribution in [2.45, 2.75) is 0 Å². The average Bonchev–Trinajstić information content (AvgIpc) is 3.48. The first kappa shape index (κ1) is 19.8. The van der Waals surface area contributed by atoms with Crippen molar-refractivity contribution in [1.29, 1.82) is 0 Å². The van der Waals surface area contributed by atoms with Crippen LogP contribution in [0, 0.1) is 0 Å². The van der Waals surface area contributed by atoms with Gasteiger partial charge in [0.1, 0.15) is 17.2 Å². The smallest absolute Gasteiger partial charge is 0.273 e. The van der Waals surface area contributed by atoms with Gasteiger partial charge in [-0.15, -0.1) is 11.3 Å². The molecule has 5 rings (SSSR count). The van der Waals surface area contributed by atoms with E-state index in [4.69, 9.17) is 14.2 Å². The van der Waals surface area contributed by atoms with Crippen LogP contribution >= 0.6 is 11.3 Å². The van der Waals surface area contributed by atoms with Crippen LogP contribution in [-0.2, 0) is 0 Å². The van der Waals surface area contributed by atoms with Gasteiger partial charge in [-0.2, -0.15) is 0 Å². The highest BCUT2D eigenvalue weighted by Crippen LogP contribution is 2.37. The third-order valence-electron chi connectivity index (χ3n) is 4.92. The molecule has 0 aliphatic carbocycles. The number of aromatic amines is 1. The number of hydrogen-bond acceptors (Lipinski definition) is 7. The lowest BCUT2D eigenvalue weighted by atomic mass is 10.1. The van der Waals surface area contributed by atoms with E-state index in [2.05, 4.69) is 20.3 Å². The number of nitrogens with zero attached hydrogens (tertiary/aromatic N) is 2. The molecule has 8 nitrogen and oxygen atoms in total. The monoisotopic (exact) mass is 446 g/mol. The predicted octanol–water partition coefficient (Wildman–Crippen LogP) is 5.23. The van der Waals surface area contributed by atoms with Crippen LogP contribution < -0.4 is 19.5 Å². The van der Waals surface area contributed by atoms with Crippen molar-refractivity contribution in [1.82, 2.24) is 15.0 Å². The summed E-state index contributed by atoms with van der Waals surface area (Å²) in [6.45, 7) is 0. The van der Waals surface area contributed by atoms with E-state index < -0.39 is 0 Å². The van der Waals surface area contributed by atoms with Gasteiger partial charge in [-0.05, 0) is 36.4 Å². The summed E-state index contributed by atoms with van der Waals surface area (Å²) >= 11 is 1.36. The molecular weight excluding hydrogens is 428 g/mol. The van der Waals surface area contributed by atoms with Crippen molar-refractivity contribution < 1.29 is 19.0 Å². The molecular formula is C23H18N4O4S. The first-order valence-electron chi connectivity index (χ1n) is 9.67. The Balaban J connectivity index is 1.45. The highest BCUT2D eigenvalue weighted by atomic mass is 32.1. The fourth-order valence-corrected chi connectivity index (χ4v) is 3.93. The van der Waals surface area contributed by atoms with Gasteiger partial charge in [0.05, 0.1) is 19.7 Å². The van der Waals surface area contributed by atoms with Gasteiger partial charge in [0.15, 0.2) is 16.6 Å². The third-order valence-corrected chi connectivity index (χ3v) is 5.61. The number of benzene rings is 2. The van der Waals surface area contributed by atoms with Gasteiger partial charge < -0.3 is 19.2 Å². The number of rotatable bonds is 6. The molecule has 5 aromatic rings. The minimum Gasteiger partial charge on any atom is -0.493 e. The van der Waals surface area contributed by atoms with Gasteiger partial charge in [-0.1, -0.05) is 0 Å². The fraction of sp³-hybridized carbons (Fsp3) is 0.0870. The largest absolute Gasteiger partial charge is 0.493 e. The molecule has 2 aromatic carbocycles. The van der Waals surface area contributed by atoms with Crippen LogP contribution in [0.3, 0.4) is 0 Å². The van der Waals surface area contributed by atoms with Crippen LogP contribution in [0.4, 0.5) is 5.13 Å². The zero-order valence-electron chi connectivity index (χ0n) is 17.2. The Morgan fingerprint density at radius 2 is 1.81 bits per heavy atom. The van der Waals surface area contributed by atoms with Crippen LogP contribution in [0.5, 0.6) is 23.0 Å². The summed E-state index contributed by atoms with van der Waals surface area (Å²) in [4.78, 5) is 24.1. The van der Waals surface area contributed by atoms with Crippen LogP contribution in [0.1, 0.15) is 10.5 Å². The molecule has 2 N–H and O–H groups in total. The zero-order chi connectivity index (χ0) is 22.1. The fourth-order valence-electron chi connectivity index (χ4n) is 3.41. The van der Waals surface area contributed by atoms with Crippen molar-refractivity contribution in [3.8, 4) is 23.0 Å². The molecule has 1 amide bonds. The first-order valence-corrected chi connectivity index (χ1v) is 10.5. The second-order valence-corrected chi connectivity index (χ2v) is 7.75. The van der Waals surface area contributed by atoms with E-state index in [9.17, 15) is 4.79 Å². The van der Waals surface area contributed by atoms with Crippen LogP contribution in [0.25, 0.3) is 21.8 Å². The molecule has 160 valence electrons. The molecule has 0 aliphatic heterocycles. The molecule has 0 spiro atoms. The quantitative estimate of drug-likeness (QED) is 0.370. The summed E-state index contributed by atoms with van der Waals surface area (Å²) in [5, 5.41) is 6.77. The lowest BCUT2D eigenvalue weighted by Gasteiger charge is -2.12. The maximum absolute atomic E-state index is 12.5. The van der Waals surface area contributed by atoms with E-state index in [0.29, 0.717) is 33.8 Å². The lowest BCUT2D eigenvalue weighted by Crippen LogP contribution is -2.11. The summed E-state index contributed by atoms with van der Waals surface area (Å²) in [7, 11) is 3.17. The average molecular weight is 446 g/mol. The summed E-state index contributed by atoms with van der Waals surface area (Å²) in [5.74, 6) is 2.20. The standard InChI is InChI=1S/C23H18N4O4S/c1-29-20-11-15-17(12-21(20)30-2)24-6-5-19(15)31-14-3-4-16-13(9-14)10-18(26-16)22(28)27-23-25-7-8-32-23/h3-12,26H,1-2H3,(H,25,27,28). The number of methoxy groups -OCH3 is 2. The minimum absolute atomic E-state index is 0.250. The van der Waals surface area contributed by atoms with Crippen molar-refractivity contribution in [2.75, 3.05) is 19.5 Å². The van der Waals surface area contributed by atoms with Crippen molar-refractivity contribution in [3.05, 3.63) is 65.9 Å². The van der Waals surface area contributed by atoms with Gasteiger partial charge in [0.2, 0.25) is 0 Å². The van der Waals surface area contributed by atoms with Gasteiger partial charge >= 0.3 is 0 Å². The minimum atomic E-state index is -0.250. The Hall–Kier alpha value is -4.11. The summed E-state index contributed by atoms with van der Waals surface area (Å²) < 4.78 is 16.9. The Labute approximate surface area is 186 Å². The van der Waals surface area contributed by atoms with Gasteiger partial charge in [-0.25, -0.2) is 4.98 Å². The molecule has 3 aromatic heterocycles. The summed E-state index contributed by atoms with van der Waals surface area (Å²) in [6, 6.07) is 12.8. The lowest BCUT2D eigenvalue weighted by molar-refractivity contribution is 0.102. The number of anilines is 1. The highest BCUT2D eigenvalue weighted by molar-refractivity contribution is 7.13. The number of amides is 1. The van der Waals surface area contributed by atoms with E-state index in [0.717, 1.165) is 21.8 Å². The van der Waals surface area contributed by atoms with E-state index in [1.807, 2.05) is 30.3 Å². The van der Waals surface area contributed by atoms with Crippen LogP contribution in [0.2, 0.25) is 0 Å². The summed E-state index contributed by atoms with van der Waals surface area (Å²) in [6.07, 6.45) is 3.32. The number of carbonyl (C=O) groups is 1. The number of carbonyl (C=O) groups excluding carboxylic acids is 1. The topological polar surface area (TPSA) is 98.4 Å². The molecule has 0 bridgehead atoms. The Kier molecular flexibility index (Phi) is 5.08. The van der Waals surface area contributed by atoms with Gasteiger partial charge in [0.25, 0.3) is 5.91 Å². The summed E-state index contributed by atoms with van der Waals surface area (Å²) in [5.41, 5.74) is 2.00. The first-order chi connectivity index (χ1) is 15.6. The van der Waals surface area contributed by atoms with Crippen molar-refractivity contribution in [3.63, 3.8) is 0 Å². The number of H-pyrrole nitrogens is 1. The molecule has 32 heavy (non-hydrogen) atoms. The zero-order valence-corrected chi connectivity index (χ0v) is 18.0.